The third kappa shape index (κ3) is 18.6. The van der Waals surface area contributed by atoms with E-state index < -0.39 is 104 Å². The van der Waals surface area contributed by atoms with Gasteiger partial charge in [0.25, 0.3) is 0 Å². The Morgan fingerprint density at radius 1 is 0.823 bits per heavy atom. The van der Waals surface area contributed by atoms with E-state index in [1.54, 1.807) is 37.3 Å². The number of hydrogen-bond acceptors (Lipinski definition) is 19. The highest BCUT2D eigenvalue weighted by Gasteiger charge is 2.54. The van der Waals surface area contributed by atoms with Gasteiger partial charge in [-0.15, -0.1) is 0 Å². The maximum Gasteiger partial charge on any atom is 0.246 e. The molecular weight excluding hydrogens is 1080 g/mol. The molecule has 22 heteroatoms. The Hall–Kier alpha value is -3.27. The molecule has 2 aromatic rings. The van der Waals surface area contributed by atoms with E-state index >= 15 is 0 Å². The van der Waals surface area contributed by atoms with Crippen LogP contribution in [0, 0.1) is 23.2 Å². The molecule has 2 amide bonds. The second-order valence-electron chi connectivity index (χ2n) is 22.1. The highest BCUT2D eigenvalue weighted by atomic mass is 79.9. The van der Waals surface area contributed by atoms with Crippen LogP contribution in [0.5, 0.6) is 0 Å². The third-order valence-corrected chi connectivity index (χ3v) is 17.0. The summed E-state index contributed by atoms with van der Waals surface area (Å²) in [6.07, 6.45) is -9.11. The van der Waals surface area contributed by atoms with E-state index in [4.69, 9.17) is 39.6 Å². The Kier molecular flexibility index (Phi) is 26.1. The molecular formula is C57H91BrN8O13. The lowest BCUT2D eigenvalue weighted by atomic mass is 9.75. The van der Waals surface area contributed by atoms with Gasteiger partial charge in [0.05, 0.1) is 24.9 Å². The summed E-state index contributed by atoms with van der Waals surface area (Å²) in [6, 6.07) is 15.1. The molecule has 0 aromatic heterocycles. The van der Waals surface area contributed by atoms with E-state index in [1.165, 1.54) is 5.56 Å². The molecule has 21 nitrogen and oxygen atoms in total. The van der Waals surface area contributed by atoms with Crippen molar-refractivity contribution in [3.8, 4) is 0 Å². The number of nitrogens with zero attached hydrogens (tertiary/aromatic N) is 1. The molecule has 2 saturated carbocycles. The van der Waals surface area contributed by atoms with Crippen LogP contribution in [0.15, 0.2) is 53.0 Å². The largest absolute Gasteiger partial charge is 0.466 e. The number of halogens is 1. The van der Waals surface area contributed by atoms with Crippen LogP contribution in [-0.2, 0) is 51.1 Å². The fourth-order valence-electron chi connectivity index (χ4n) is 11.6. The number of rotatable bonds is 21. The highest BCUT2D eigenvalue weighted by Crippen LogP contribution is 2.40. The van der Waals surface area contributed by atoms with Gasteiger partial charge < -0.3 is 86.3 Å². The number of benzene rings is 2. The predicted octanol–water partition coefficient (Wildman–Crippen LogP) is 1.75. The van der Waals surface area contributed by atoms with Crippen molar-refractivity contribution in [2.45, 2.75) is 177 Å². The van der Waals surface area contributed by atoms with Crippen LogP contribution in [0.25, 0.3) is 0 Å². The molecule has 2 aromatic carbocycles. The number of aliphatic hydroxyl groups excluding tert-OH is 5. The van der Waals surface area contributed by atoms with E-state index in [0.717, 1.165) is 114 Å². The number of primary amides is 1. The van der Waals surface area contributed by atoms with Crippen LogP contribution in [0.1, 0.15) is 101 Å². The smallest absolute Gasteiger partial charge is 0.246 e. The van der Waals surface area contributed by atoms with Gasteiger partial charge in [0, 0.05) is 68.3 Å². The average Bonchev–Trinajstić information content (AvgIpc) is 3.62. The van der Waals surface area contributed by atoms with E-state index in [1.807, 2.05) is 6.92 Å². The van der Waals surface area contributed by atoms with Gasteiger partial charge in [0.1, 0.15) is 42.7 Å². The SMILES string of the molecule is CCC1CC(C(=O)NCCNCc2ccc(CN3CCCNCCNCCCNCC3)c(Br)c2)CC(OC2OC(CO)C(O)C(O[C@@H](CC3CCCCC3)C(N)=O)C2OC(=N)c2ccccc2)C1OC1OC(C)C(O)C(O)C1O. The second-order valence-corrected chi connectivity index (χ2v) is 23.0. The zero-order chi connectivity index (χ0) is 56.3. The number of nitrogens with one attached hydrogen (secondary N) is 6. The Bertz CT molecular complexity index is 2140. The summed E-state index contributed by atoms with van der Waals surface area (Å²) in [5.41, 5.74) is 8.70. The molecule has 0 radical (unpaired) electrons. The normalized spacial score (nSPS) is 32.6. The van der Waals surface area contributed by atoms with Crippen molar-refractivity contribution in [3.05, 3.63) is 69.7 Å². The fraction of sp³-hybridized carbons (Fsp3) is 0.737. The fourth-order valence-corrected chi connectivity index (χ4v) is 12.2. The number of nitrogens with two attached hydrogens (primary N) is 1. The Balaban J connectivity index is 1.05. The van der Waals surface area contributed by atoms with Gasteiger partial charge in [-0.3, -0.25) is 19.9 Å². The molecule has 7 rings (SSSR count). The lowest BCUT2D eigenvalue weighted by Crippen LogP contribution is -2.64. The van der Waals surface area contributed by atoms with Crippen LogP contribution in [0.4, 0.5) is 0 Å². The maximum atomic E-state index is 14.3. The van der Waals surface area contributed by atoms with Crippen LogP contribution in [0.2, 0.25) is 0 Å². The molecule has 0 bridgehead atoms. The van der Waals surface area contributed by atoms with Crippen molar-refractivity contribution >= 4 is 33.6 Å². The monoisotopic (exact) mass is 1170 g/mol. The summed E-state index contributed by atoms with van der Waals surface area (Å²) < 4.78 is 39.7. The van der Waals surface area contributed by atoms with E-state index in [-0.39, 0.29) is 24.1 Å². The minimum absolute atomic E-state index is 0.0546. The molecule has 444 valence electrons. The van der Waals surface area contributed by atoms with Gasteiger partial charge in [-0.25, -0.2) is 0 Å². The van der Waals surface area contributed by atoms with Crippen LogP contribution in [0.3, 0.4) is 0 Å². The minimum Gasteiger partial charge on any atom is -0.466 e. The molecule has 5 aliphatic rings. The Morgan fingerprint density at radius 2 is 1.56 bits per heavy atom. The molecule has 79 heavy (non-hydrogen) atoms. The summed E-state index contributed by atoms with van der Waals surface area (Å²) in [6.45, 7) is 12.9. The number of amides is 2. The maximum absolute atomic E-state index is 14.3. The average molecular weight is 1180 g/mol. The molecule has 2 aliphatic carbocycles. The molecule has 3 heterocycles. The highest BCUT2D eigenvalue weighted by molar-refractivity contribution is 9.10. The quantitative estimate of drug-likeness (QED) is 0.0482. The Labute approximate surface area is 474 Å². The van der Waals surface area contributed by atoms with Gasteiger partial charge in [-0.05, 0) is 106 Å². The first-order chi connectivity index (χ1) is 38.2. The van der Waals surface area contributed by atoms with Gasteiger partial charge >= 0.3 is 0 Å². The van der Waals surface area contributed by atoms with E-state index in [9.17, 15) is 35.1 Å². The van der Waals surface area contributed by atoms with Crippen molar-refractivity contribution in [3.63, 3.8) is 0 Å². The van der Waals surface area contributed by atoms with Gasteiger partial charge in [0.2, 0.25) is 17.7 Å². The lowest BCUT2D eigenvalue weighted by Gasteiger charge is -2.49. The van der Waals surface area contributed by atoms with Gasteiger partial charge in [0.15, 0.2) is 18.7 Å². The molecule has 5 fully saturated rings. The van der Waals surface area contributed by atoms with Crippen LogP contribution in [-0.4, -0.2) is 200 Å². The van der Waals surface area contributed by atoms with Crippen molar-refractivity contribution < 1.29 is 63.5 Å². The summed E-state index contributed by atoms with van der Waals surface area (Å²) in [5, 5.41) is 81.4. The molecule has 15 atom stereocenters. The van der Waals surface area contributed by atoms with Crippen molar-refractivity contribution in [2.75, 3.05) is 72.1 Å². The van der Waals surface area contributed by atoms with Crippen molar-refractivity contribution in [2.24, 2.45) is 23.5 Å². The summed E-state index contributed by atoms with van der Waals surface area (Å²) in [7, 11) is 0. The van der Waals surface area contributed by atoms with Gasteiger partial charge in [-0.1, -0.05) is 91.7 Å². The third-order valence-electron chi connectivity index (χ3n) is 16.3. The first kappa shape index (κ1) is 63.3. The molecule has 0 spiro atoms. The number of aliphatic hydroxyl groups is 5. The van der Waals surface area contributed by atoms with Crippen LogP contribution >= 0.6 is 15.9 Å². The first-order valence-corrected chi connectivity index (χ1v) is 29.8. The second kappa shape index (κ2) is 32.5. The number of ether oxygens (including phenoxy) is 6. The van der Waals surface area contributed by atoms with Gasteiger partial charge in [-0.2, -0.15) is 0 Å². The number of carbonyl (C=O) groups excluding carboxylic acids is 2. The Morgan fingerprint density at radius 3 is 2.27 bits per heavy atom. The first-order valence-electron chi connectivity index (χ1n) is 29.0. The molecule has 13 N–H and O–H groups in total. The standard InChI is InChI=1S/C57H91BrN8O13/c1-3-38-30-41(55(73)65-24-23-64-32-37-16-17-40(42(58)28-37)33-66-26-11-20-62-22-21-61-18-10-19-63-25-27-66)31-43(50(38)79-56-49(71)48(70)46(68)35(2)74-56)76-57-52(78-54(60)39-14-8-5-9-15-39)51(47(69)45(34-67)77-57)75-44(53(59)72)29-36-12-6-4-7-13-36/h5,8-9,14-17,28,35-36,38,41,43-52,56-57,60-64,67-71H,3-4,6-7,10-13,18-27,29-34H2,1-2H3,(H2,59,72)(H,65,73)/t35?,38?,41?,43?,44-,45?,46?,47?,48?,49?,50?,51?,52?,56?,57?/m0/s1. The predicted molar refractivity (Wildman–Crippen MR) is 300 cm³/mol. The summed E-state index contributed by atoms with van der Waals surface area (Å²) in [5.74, 6) is -2.16. The zero-order valence-corrected chi connectivity index (χ0v) is 47.8. The molecule has 3 aliphatic heterocycles. The minimum atomic E-state index is -1.65. The van der Waals surface area contributed by atoms with Crippen LogP contribution < -0.4 is 32.3 Å². The lowest BCUT2D eigenvalue weighted by molar-refractivity contribution is -0.348. The van der Waals surface area contributed by atoms with E-state index in [2.05, 4.69) is 65.6 Å². The van der Waals surface area contributed by atoms with Crippen molar-refractivity contribution in [1.29, 1.82) is 5.41 Å². The summed E-state index contributed by atoms with van der Waals surface area (Å²) in [4.78, 5) is 30.0. The molecule has 14 unspecified atom stereocenters. The zero-order valence-electron chi connectivity index (χ0n) is 46.2. The van der Waals surface area contributed by atoms with E-state index in [0.29, 0.717) is 44.5 Å². The topological polar surface area (TPSA) is 304 Å². The summed E-state index contributed by atoms with van der Waals surface area (Å²) >= 11 is 3.84. The van der Waals surface area contributed by atoms with Crippen molar-refractivity contribution in [1.82, 2.24) is 31.5 Å². The number of carbonyl (C=O) groups is 2. The molecule has 3 saturated heterocycles. The number of hydrogen-bond donors (Lipinski definition) is 12.